The molecule has 2 aromatic carbocycles. The Kier molecular flexibility index (Phi) is 3.92. The van der Waals surface area contributed by atoms with E-state index in [9.17, 15) is 18.0 Å². The van der Waals surface area contributed by atoms with Gasteiger partial charge in [0.05, 0.1) is 18.4 Å². The lowest BCUT2D eigenvalue weighted by atomic mass is 10.0. The normalized spacial score (nSPS) is 11.5. The Hall–Kier alpha value is -2.96. The number of H-pyrrole nitrogens is 1. The van der Waals surface area contributed by atoms with Crippen molar-refractivity contribution in [1.82, 2.24) is 9.78 Å². The molecular formula is C17H13F3N2O2. The standard InChI is InChI=1S/C17H13F3N2O2/c1-24-13-10-6-5-9-12(13)14-15(17(18,19)20)21-22(16(14)23)11-7-3-2-4-8-11/h2-10,21H,1H3. The number of aromatic amines is 1. The topological polar surface area (TPSA) is 47.0 Å². The number of aromatic nitrogens is 2. The third-order valence-electron chi connectivity index (χ3n) is 3.56. The third kappa shape index (κ3) is 2.68. The van der Waals surface area contributed by atoms with Gasteiger partial charge < -0.3 is 4.74 Å². The van der Waals surface area contributed by atoms with Crippen molar-refractivity contribution in [3.8, 4) is 22.6 Å². The highest BCUT2D eigenvalue weighted by Gasteiger charge is 2.39. The molecule has 0 atom stereocenters. The van der Waals surface area contributed by atoms with E-state index >= 15 is 0 Å². The van der Waals surface area contributed by atoms with Gasteiger partial charge in [-0.2, -0.15) is 13.2 Å². The number of ether oxygens (including phenoxy) is 1. The van der Waals surface area contributed by atoms with Crippen molar-refractivity contribution in [2.45, 2.75) is 6.18 Å². The van der Waals surface area contributed by atoms with Crippen LogP contribution in [0.2, 0.25) is 0 Å². The van der Waals surface area contributed by atoms with Crippen LogP contribution < -0.4 is 10.3 Å². The second kappa shape index (κ2) is 5.92. The molecule has 24 heavy (non-hydrogen) atoms. The summed E-state index contributed by atoms with van der Waals surface area (Å²) >= 11 is 0. The number of hydrogen-bond acceptors (Lipinski definition) is 2. The molecule has 0 fully saturated rings. The smallest absolute Gasteiger partial charge is 0.433 e. The molecule has 124 valence electrons. The third-order valence-corrected chi connectivity index (χ3v) is 3.56. The molecule has 0 aliphatic carbocycles. The zero-order valence-electron chi connectivity index (χ0n) is 12.6. The van der Waals surface area contributed by atoms with Crippen LogP contribution >= 0.6 is 0 Å². The lowest BCUT2D eigenvalue weighted by Crippen LogP contribution is -2.15. The van der Waals surface area contributed by atoms with Crippen LogP contribution in [0.3, 0.4) is 0 Å². The van der Waals surface area contributed by atoms with Gasteiger partial charge in [0, 0.05) is 5.56 Å². The van der Waals surface area contributed by atoms with Gasteiger partial charge in [-0.05, 0) is 18.2 Å². The number of alkyl halides is 3. The molecule has 4 nitrogen and oxygen atoms in total. The van der Waals surface area contributed by atoms with Crippen molar-refractivity contribution in [1.29, 1.82) is 0 Å². The van der Waals surface area contributed by atoms with Gasteiger partial charge in [0.2, 0.25) is 0 Å². The molecule has 0 spiro atoms. The number of nitrogens with one attached hydrogen (secondary N) is 1. The van der Waals surface area contributed by atoms with Gasteiger partial charge in [-0.15, -0.1) is 0 Å². The van der Waals surface area contributed by atoms with Crippen LogP contribution in [0.1, 0.15) is 5.69 Å². The van der Waals surface area contributed by atoms with E-state index in [1.54, 1.807) is 42.5 Å². The maximum atomic E-state index is 13.5. The van der Waals surface area contributed by atoms with E-state index < -0.39 is 23.0 Å². The van der Waals surface area contributed by atoms with Crippen LogP contribution in [-0.4, -0.2) is 16.9 Å². The van der Waals surface area contributed by atoms with Crippen molar-refractivity contribution in [3.05, 3.63) is 70.6 Å². The highest BCUT2D eigenvalue weighted by Crippen LogP contribution is 2.37. The largest absolute Gasteiger partial charge is 0.496 e. The van der Waals surface area contributed by atoms with Gasteiger partial charge >= 0.3 is 6.18 Å². The minimum atomic E-state index is -4.71. The van der Waals surface area contributed by atoms with Crippen molar-refractivity contribution in [3.63, 3.8) is 0 Å². The van der Waals surface area contributed by atoms with E-state index in [0.29, 0.717) is 5.69 Å². The predicted molar refractivity (Wildman–Crippen MR) is 83.4 cm³/mol. The molecule has 0 amide bonds. The van der Waals surface area contributed by atoms with Crippen LogP contribution in [0.4, 0.5) is 13.2 Å². The van der Waals surface area contributed by atoms with Crippen molar-refractivity contribution < 1.29 is 17.9 Å². The molecule has 0 saturated carbocycles. The zero-order valence-corrected chi connectivity index (χ0v) is 12.6. The van der Waals surface area contributed by atoms with Crippen LogP contribution in [0.25, 0.3) is 16.8 Å². The van der Waals surface area contributed by atoms with Gasteiger partial charge in [-0.1, -0.05) is 36.4 Å². The van der Waals surface area contributed by atoms with Gasteiger partial charge in [0.1, 0.15) is 11.4 Å². The fourth-order valence-electron chi connectivity index (χ4n) is 2.50. The number of halogens is 3. The zero-order chi connectivity index (χ0) is 17.3. The first kappa shape index (κ1) is 15.9. The quantitative estimate of drug-likeness (QED) is 0.791. The first-order chi connectivity index (χ1) is 11.4. The molecule has 7 heteroatoms. The van der Waals surface area contributed by atoms with E-state index in [4.69, 9.17) is 4.74 Å². The number of rotatable bonds is 3. The molecule has 1 aromatic heterocycles. The van der Waals surface area contributed by atoms with Gasteiger partial charge in [0.15, 0.2) is 0 Å². The highest BCUT2D eigenvalue weighted by atomic mass is 19.4. The van der Waals surface area contributed by atoms with Crippen LogP contribution in [0, 0.1) is 0 Å². The Labute approximate surface area is 135 Å². The van der Waals surface area contributed by atoms with Gasteiger partial charge in [-0.3, -0.25) is 9.89 Å². The van der Waals surface area contributed by atoms with Crippen molar-refractivity contribution >= 4 is 0 Å². The van der Waals surface area contributed by atoms with E-state index in [1.165, 1.54) is 19.2 Å². The molecule has 1 N–H and O–H groups in total. The summed E-state index contributed by atoms with van der Waals surface area (Å²) in [5, 5.41) is 2.18. The highest BCUT2D eigenvalue weighted by molar-refractivity contribution is 5.72. The molecule has 0 aliphatic rings. The van der Waals surface area contributed by atoms with E-state index in [2.05, 4.69) is 5.10 Å². The van der Waals surface area contributed by atoms with Crippen molar-refractivity contribution in [2.24, 2.45) is 0 Å². The fraction of sp³-hybridized carbons (Fsp3) is 0.118. The lowest BCUT2D eigenvalue weighted by Gasteiger charge is -2.09. The van der Waals surface area contributed by atoms with E-state index in [0.717, 1.165) is 4.68 Å². The number of methoxy groups -OCH3 is 1. The SMILES string of the molecule is COc1ccccc1-c1c(C(F)(F)F)[nH]n(-c2ccccc2)c1=O. The molecule has 1 heterocycles. The second-order valence-corrected chi connectivity index (χ2v) is 5.04. The number of nitrogens with zero attached hydrogens (tertiary/aromatic N) is 1. The maximum Gasteiger partial charge on any atom is 0.433 e. The fourth-order valence-corrected chi connectivity index (χ4v) is 2.50. The summed E-state index contributed by atoms with van der Waals surface area (Å²) in [6, 6.07) is 14.2. The summed E-state index contributed by atoms with van der Waals surface area (Å²) in [4.78, 5) is 12.7. The molecule has 3 aromatic rings. The maximum absolute atomic E-state index is 13.5. The Morgan fingerprint density at radius 1 is 1.00 bits per heavy atom. The molecule has 3 rings (SSSR count). The minimum absolute atomic E-state index is 0.0863. The Balaban J connectivity index is 2.33. The Morgan fingerprint density at radius 2 is 1.62 bits per heavy atom. The Morgan fingerprint density at radius 3 is 2.25 bits per heavy atom. The predicted octanol–water partition coefficient (Wildman–Crippen LogP) is 3.86. The van der Waals surface area contributed by atoms with Crippen LogP contribution in [0.5, 0.6) is 5.75 Å². The summed E-state index contributed by atoms with van der Waals surface area (Å²) in [7, 11) is 1.34. The average Bonchev–Trinajstić information content (AvgIpc) is 2.93. The first-order valence-corrected chi connectivity index (χ1v) is 7.04. The van der Waals surface area contributed by atoms with Crippen LogP contribution in [0.15, 0.2) is 59.4 Å². The summed E-state index contributed by atoms with van der Waals surface area (Å²) in [5.41, 5.74) is -1.97. The van der Waals surface area contributed by atoms with E-state index in [-0.39, 0.29) is 11.3 Å². The summed E-state index contributed by atoms with van der Waals surface area (Å²) in [5.74, 6) is 0.194. The van der Waals surface area contributed by atoms with Crippen molar-refractivity contribution in [2.75, 3.05) is 7.11 Å². The van der Waals surface area contributed by atoms with Crippen LogP contribution in [-0.2, 0) is 6.18 Å². The van der Waals surface area contributed by atoms with Gasteiger partial charge in [-0.25, -0.2) is 4.68 Å². The van der Waals surface area contributed by atoms with Gasteiger partial charge in [0.25, 0.3) is 5.56 Å². The number of hydrogen-bond donors (Lipinski definition) is 1. The Bertz CT molecular complexity index is 912. The average molecular weight is 334 g/mol. The molecule has 0 saturated heterocycles. The molecule has 0 unspecified atom stereocenters. The molecular weight excluding hydrogens is 321 g/mol. The summed E-state index contributed by atoms with van der Waals surface area (Å²) in [6.45, 7) is 0. The number of para-hydroxylation sites is 2. The lowest BCUT2D eigenvalue weighted by molar-refractivity contribution is -0.140. The minimum Gasteiger partial charge on any atom is -0.496 e. The molecule has 0 bridgehead atoms. The summed E-state index contributed by atoms with van der Waals surface area (Å²) in [6.07, 6.45) is -4.71. The number of benzene rings is 2. The monoisotopic (exact) mass is 334 g/mol. The van der Waals surface area contributed by atoms with E-state index in [1.807, 2.05) is 0 Å². The second-order valence-electron chi connectivity index (χ2n) is 5.04. The first-order valence-electron chi connectivity index (χ1n) is 7.04. The molecule has 0 radical (unpaired) electrons. The summed E-state index contributed by atoms with van der Waals surface area (Å²) < 4.78 is 46.4. The molecule has 0 aliphatic heterocycles.